The SMILES string of the molecule is CC1CCCN(CCNC(N)=NCCCN2CCOCC2)C1. The van der Waals surface area contributed by atoms with Crippen LogP contribution in [0.2, 0.25) is 0 Å². The zero-order chi connectivity index (χ0) is 15.6. The van der Waals surface area contributed by atoms with Crippen LogP contribution in [0.5, 0.6) is 0 Å². The number of nitrogens with zero attached hydrogens (tertiary/aromatic N) is 3. The first-order chi connectivity index (χ1) is 10.7. The quantitative estimate of drug-likeness (QED) is 0.403. The molecular formula is C16H33N5O. The van der Waals surface area contributed by atoms with Crippen LogP contribution in [-0.2, 0) is 4.74 Å². The summed E-state index contributed by atoms with van der Waals surface area (Å²) < 4.78 is 5.34. The summed E-state index contributed by atoms with van der Waals surface area (Å²) in [5, 5.41) is 3.24. The molecule has 0 bridgehead atoms. The Balaban J connectivity index is 1.49. The lowest BCUT2D eigenvalue weighted by molar-refractivity contribution is 0.0377. The van der Waals surface area contributed by atoms with E-state index in [9.17, 15) is 0 Å². The number of hydrogen-bond donors (Lipinski definition) is 2. The van der Waals surface area contributed by atoms with Crippen molar-refractivity contribution in [3.63, 3.8) is 0 Å². The minimum Gasteiger partial charge on any atom is -0.379 e. The Morgan fingerprint density at radius 3 is 2.82 bits per heavy atom. The number of hydrogen-bond acceptors (Lipinski definition) is 4. The monoisotopic (exact) mass is 311 g/mol. The number of ether oxygens (including phenoxy) is 1. The van der Waals surface area contributed by atoms with Crippen molar-refractivity contribution in [1.29, 1.82) is 0 Å². The molecular weight excluding hydrogens is 278 g/mol. The largest absolute Gasteiger partial charge is 0.379 e. The molecule has 2 aliphatic rings. The van der Waals surface area contributed by atoms with Crippen molar-refractivity contribution < 1.29 is 4.74 Å². The van der Waals surface area contributed by atoms with Gasteiger partial charge in [-0.05, 0) is 31.7 Å². The zero-order valence-electron chi connectivity index (χ0n) is 14.1. The van der Waals surface area contributed by atoms with E-state index in [-0.39, 0.29) is 0 Å². The molecule has 2 saturated heterocycles. The molecule has 1 atom stereocenters. The standard InChI is InChI=1S/C16H33N5O/c1-15-4-2-7-21(14-15)9-6-19-16(17)18-5-3-8-20-10-12-22-13-11-20/h15H,2-14H2,1H3,(H3,17,18,19). The van der Waals surface area contributed by atoms with Gasteiger partial charge in [0.1, 0.15) is 0 Å². The van der Waals surface area contributed by atoms with E-state index in [0.29, 0.717) is 5.96 Å². The van der Waals surface area contributed by atoms with Crippen LogP contribution in [-0.4, -0.2) is 81.3 Å². The predicted molar refractivity (Wildman–Crippen MR) is 91.2 cm³/mol. The molecule has 6 nitrogen and oxygen atoms in total. The first-order valence-corrected chi connectivity index (χ1v) is 8.80. The lowest BCUT2D eigenvalue weighted by Crippen LogP contribution is -2.42. The van der Waals surface area contributed by atoms with Crippen molar-refractivity contribution in [1.82, 2.24) is 15.1 Å². The van der Waals surface area contributed by atoms with Gasteiger partial charge in [0.05, 0.1) is 13.2 Å². The van der Waals surface area contributed by atoms with Crippen molar-refractivity contribution in [2.24, 2.45) is 16.6 Å². The number of piperidine rings is 1. The highest BCUT2D eigenvalue weighted by atomic mass is 16.5. The Morgan fingerprint density at radius 2 is 2.05 bits per heavy atom. The molecule has 2 rings (SSSR count). The molecule has 6 heteroatoms. The number of rotatable bonds is 7. The topological polar surface area (TPSA) is 66.1 Å². The molecule has 22 heavy (non-hydrogen) atoms. The molecule has 0 radical (unpaired) electrons. The molecule has 128 valence electrons. The summed E-state index contributed by atoms with van der Waals surface area (Å²) in [5.74, 6) is 1.42. The van der Waals surface area contributed by atoms with Crippen molar-refractivity contribution in [2.75, 3.05) is 65.6 Å². The second-order valence-electron chi connectivity index (χ2n) is 6.55. The summed E-state index contributed by atoms with van der Waals surface area (Å²) in [4.78, 5) is 9.36. The molecule has 2 aliphatic heterocycles. The molecule has 0 aromatic heterocycles. The van der Waals surface area contributed by atoms with E-state index >= 15 is 0 Å². The van der Waals surface area contributed by atoms with Gasteiger partial charge in [-0.2, -0.15) is 0 Å². The van der Waals surface area contributed by atoms with Gasteiger partial charge in [0.25, 0.3) is 0 Å². The fourth-order valence-electron chi connectivity index (χ4n) is 3.21. The normalized spacial score (nSPS) is 25.3. The maximum absolute atomic E-state index is 5.92. The van der Waals surface area contributed by atoms with Gasteiger partial charge in [0, 0.05) is 45.8 Å². The van der Waals surface area contributed by atoms with Gasteiger partial charge >= 0.3 is 0 Å². The predicted octanol–water partition coefficient (Wildman–Crippen LogP) is 0.345. The van der Waals surface area contributed by atoms with Crippen LogP contribution >= 0.6 is 0 Å². The van der Waals surface area contributed by atoms with E-state index in [1.54, 1.807) is 0 Å². The molecule has 2 heterocycles. The third kappa shape index (κ3) is 6.94. The summed E-state index contributed by atoms with van der Waals surface area (Å²) >= 11 is 0. The van der Waals surface area contributed by atoms with Crippen LogP contribution in [0.1, 0.15) is 26.2 Å². The van der Waals surface area contributed by atoms with E-state index in [1.165, 1.54) is 25.9 Å². The summed E-state index contributed by atoms with van der Waals surface area (Å²) in [6.07, 6.45) is 3.76. The molecule has 0 saturated carbocycles. The molecule has 1 unspecified atom stereocenters. The van der Waals surface area contributed by atoms with Gasteiger partial charge in [-0.1, -0.05) is 6.92 Å². The minimum absolute atomic E-state index is 0.590. The molecule has 0 aromatic carbocycles. The molecule has 0 amide bonds. The average molecular weight is 311 g/mol. The fraction of sp³-hybridized carbons (Fsp3) is 0.938. The van der Waals surface area contributed by atoms with Crippen LogP contribution in [0.3, 0.4) is 0 Å². The number of guanidine groups is 1. The maximum Gasteiger partial charge on any atom is 0.188 e. The molecule has 0 spiro atoms. The Hall–Kier alpha value is -0.850. The Labute approximate surface area is 135 Å². The van der Waals surface area contributed by atoms with Crippen LogP contribution < -0.4 is 11.1 Å². The second kappa shape index (κ2) is 10.0. The first-order valence-electron chi connectivity index (χ1n) is 8.80. The molecule has 3 N–H and O–H groups in total. The number of aliphatic imine (C=N–C) groups is 1. The number of nitrogens with two attached hydrogens (primary N) is 1. The number of likely N-dealkylation sites (tertiary alicyclic amines) is 1. The van der Waals surface area contributed by atoms with Gasteiger partial charge in [-0.25, -0.2) is 0 Å². The minimum atomic E-state index is 0.590. The molecule has 0 aromatic rings. The van der Waals surface area contributed by atoms with Crippen molar-refractivity contribution in [3.05, 3.63) is 0 Å². The highest BCUT2D eigenvalue weighted by Crippen LogP contribution is 2.14. The summed E-state index contributed by atoms with van der Waals surface area (Å²) in [5.41, 5.74) is 5.92. The third-order valence-corrected chi connectivity index (χ3v) is 4.49. The van der Waals surface area contributed by atoms with Crippen molar-refractivity contribution in [3.8, 4) is 0 Å². The van der Waals surface area contributed by atoms with Crippen LogP contribution in [0.15, 0.2) is 4.99 Å². The van der Waals surface area contributed by atoms with Crippen LogP contribution in [0.4, 0.5) is 0 Å². The van der Waals surface area contributed by atoms with E-state index in [0.717, 1.165) is 64.8 Å². The Morgan fingerprint density at radius 1 is 1.23 bits per heavy atom. The van der Waals surface area contributed by atoms with E-state index < -0.39 is 0 Å². The number of nitrogens with one attached hydrogen (secondary N) is 1. The molecule has 0 aliphatic carbocycles. The first kappa shape index (κ1) is 17.5. The van der Waals surface area contributed by atoms with Crippen LogP contribution in [0.25, 0.3) is 0 Å². The zero-order valence-corrected chi connectivity index (χ0v) is 14.1. The summed E-state index contributed by atoms with van der Waals surface area (Å²) in [6, 6.07) is 0. The van der Waals surface area contributed by atoms with Gasteiger partial charge < -0.3 is 20.7 Å². The molecule has 2 fully saturated rings. The third-order valence-electron chi connectivity index (χ3n) is 4.49. The van der Waals surface area contributed by atoms with Gasteiger partial charge in [-0.3, -0.25) is 9.89 Å². The highest BCUT2D eigenvalue weighted by molar-refractivity contribution is 5.77. The smallest absolute Gasteiger partial charge is 0.188 e. The lowest BCUT2D eigenvalue weighted by atomic mass is 10.0. The maximum atomic E-state index is 5.92. The lowest BCUT2D eigenvalue weighted by Gasteiger charge is -2.30. The van der Waals surface area contributed by atoms with E-state index in [2.05, 4.69) is 27.0 Å². The van der Waals surface area contributed by atoms with Crippen molar-refractivity contribution >= 4 is 5.96 Å². The average Bonchev–Trinajstić information content (AvgIpc) is 2.53. The van der Waals surface area contributed by atoms with Gasteiger partial charge in [0.15, 0.2) is 5.96 Å². The van der Waals surface area contributed by atoms with Gasteiger partial charge in [-0.15, -0.1) is 0 Å². The van der Waals surface area contributed by atoms with Crippen LogP contribution in [0, 0.1) is 5.92 Å². The van der Waals surface area contributed by atoms with E-state index in [4.69, 9.17) is 10.5 Å². The summed E-state index contributed by atoms with van der Waals surface area (Å²) in [6.45, 7) is 12.5. The van der Waals surface area contributed by atoms with E-state index in [1.807, 2.05) is 0 Å². The number of morpholine rings is 1. The second-order valence-corrected chi connectivity index (χ2v) is 6.55. The highest BCUT2D eigenvalue weighted by Gasteiger charge is 2.15. The Bertz CT molecular complexity index is 330. The van der Waals surface area contributed by atoms with Crippen molar-refractivity contribution in [2.45, 2.75) is 26.2 Å². The summed E-state index contributed by atoms with van der Waals surface area (Å²) in [7, 11) is 0. The van der Waals surface area contributed by atoms with Gasteiger partial charge in [0.2, 0.25) is 0 Å². The Kier molecular flexibility index (Phi) is 7.98. The fourth-order valence-corrected chi connectivity index (χ4v) is 3.21.